The second kappa shape index (κ2) is 79.5. The van der Waals surface area contributed by atoms with Gasteiger partial charge in [-0.3, -0.25) is 37.3 Å². The fourth-order valence-electron chi connectivity index (χ4n) is 10.4. The molecule has 0 aromatic heterocycles. The molecule has 17 nitrogen and oxygen atoms in total. The van der Waals surface area contributed by atoms with Crippen molar-refractivity contribution in [3.63, 3.8) is 0 Å². The molecule has 0 spiro atoms. The van der Waals surface area contributed by atoms with Gasteiger partial charge in [0, 0.05) is 25.7 Å². The average molecular weight is 1550 g/mol. The first-order valence-corrected chi connectivity index (χ1v) is 44.4. The highest BCUT2D eigenvalue weighted by Crippen LogP contribution is 2.45. The molecule has 0 heterocycles. The number of rotatable bonds is 76. The average Bonchev–Trinajstić information content (AvgIpc) is 0.923. The van der Waals surface area contributed by atoms with E-state index in [1.807, 2.05) is 0 Å². The van der Waals surface area contributed by atoms with Gasteiger partial charge in [-0.2, -0.15) is 0 Å². The molecule has 0 amide bonds. The summed E-state index contributed by atoms with van der Waals surface area (Å²) in [4.78, 5) is 73.2. The van der Waals surface area contributed by atoms with Crippen LogP contribution < -0.4 is 0 Å². The number of aliphatic hydroxyl groups is 1. The van der Waals surface area contributed by atoms with E-state index in [0.717, 1.165) is 193 Å². The van der Waals surface area contributed by atoms with Crippen molar-refractivity contribution in [2.45, 2.75) is 329 Å². The highest BCUT2D eigenvalue weighted by molar-refractivity contribution is 7.47. The van der Waals surface area contributed by atoms with E-state index in [-0.39, 0.29) is 25.7 Å². The van der Waals surface area contributed by atoms with Gasteiger partial charge in [-0.1, -0.05) is 275 Å². The zero-order valence-electron chi connectivity index (χ0n) is 67.2. The van der Waals surface area contributed by atoms with Gasteiger partial charge in [0.2, 0.25) is 0 Å². The van der Waals surface area contributed by atoms with Crippen LogP contribution in [0.25, 0.3) is 0 Å². The number of phosphoric ester groups is 2. The highest BCUT2D eigenvalue weighted by Gasteiger charge is 2.30. The molecular formula is C89H146O17P2. The number of unbranched alkanes of at least 4 members (excludes halogenated alkanes) is 22. The summed E-state index contributed by atoms with van der Waals surface area (Å²) in [6, 6.07) is 0. The molecule has 0 aliphatic carbocycles. The lowest BCUT2D eigenvalue weighted by molar-refractivity contribution is -0.161. The molecule has 0 bridgehead atoms. The van der Waals surface area contributed by atoms with Crippen LogP contribution in [0.15, 0.2) is 170 Å². The van der Waals surface area contributed by atoms with E-state index in [4.69, 9.17) is 37.0 Å². The predicted molar refractivity (Wildman–Crippen MR) is 445 cm³/mol. The standard InChI is InChI=1S/C89H146O17P2/c1-5-9-13-17-21-25-29-33-37-39-41-43-47-49-53-57-61-65-69-73-86(91)99-79-84(105-88(93)75-71-67-63-59-55-51-45-35-31-27-23-19-15-11-7-3)81-103-107(95,96)101-77-83(90)78-102-108(97,98)104-82-85(106-89(94)76-72-68-64-60-56-52-46-36-32-28-24-20-16-12-8-4)80-100-87(92)74-70-66-62-58-54-50-48-44-42-40-38-34-30-26-22-18-14-10-6-2/h9-10,13-14,21-28,33-38,41-46,49-50,53-54,83-85,90H,5-8,11-12,15-20,29-32,39-40,47-48,51-52,55-82H2,1-4H3,(H,95,96)(H,97,98)/b13-9-,14-10-,25-21-,26-22-,27-23-,28-24-,37-33-,38-34-,43-41-,44-42-,45-35-,46-36-,53-49-,54-50-. The normalized spacial score (nSPS) is 14.7. The Morgan fingerprint density at radius 2 is 0.481 bits per heavy atom. The Bertz CT molecular complexity index is 2530. The third-order valence-corrected chi connectivity index (χ3v) is 18.5. The lowest BCUT2D eigenvalue weighted by Gasteiger charge is -2.21. The molecule has 108 heavy (non-hydrogen) atoms. The maximum absolute atomic E-state index is 13.1. The van der Waals surface area contributed by atoms with Crippen LogP contribution in [-0.4, -0.2) is 96.7 Å². The first-order valence-electron chi connectivity index (χ1n) is 41.4. The van der Waals surface area contributed by atoms with E-state index < -0.39 is 97.5 Å². The van der Waals surface area contributed by atoms with Crippen molar-refractivity contribution in [1.29, 1.82) is 0 Å². The van der Waals surface area contributed by atoms with Gasteiger partial charge in [0.05, 0.1) is 26.4 Å². The van der Waals surface area contributed by atoms with Crippen molar-refractivity contribution >= 4 is 39.5 Å². The fraction of sp³-hybridized carbons (Fsp3) is 0.640. The molecule has 3 N–H and O–H groups in total. The summed E-state index contributed by atoms with van der Waals surface area (Å²) in [6.07, 6.45) is 94.6. The topological polar surface area (TPSA) is 237 Å². The van der Waals surface area contributed by atoms with Gasteiger partial charge >= 0.3 is 39.5 Å². The van der Waals surface area contributed by atoms with Crippen LogP contribution in [0.3, 0.4) is 0 Å². The van der Waals surface area contributed by atoms with Crippen molar-refractivity contribution in [1.82, 2.24) is 0 Å². The van der Waals surface area contributed by atoms with Crippen LogP contribution in [0, 0.1) is 0 Å². The number of hydrogen-bond donors (Lipinski definition) is 3. The van der Waals surface area contributed by atoms with Gasteiger partial charge in [-0.15, -0.1) is 0 Å². The van der Waals surface area contributed by atoms with E-state index in [2.05, 4.69) is 198 Å². The molecule has 0 saturated heterocycles. The Morgan fingerprint density at radius 1 is 0.269 bits per heavy atom. The molecule has 0 saturated carbocycles. The van der Waals surface area contributed by atoms with Gasteiger partial charge < -0.3 is 33.8 Å². The van der Waals surface area contributed by atoms with Crippen molar-refractivity contribution in [3.05, 3.63) is 170 Å². The molecule has 0 fully saturated rings. The second-order valence-electron chi connectivity index (χ2n) is 26.9. The van der Waals surface area contributed by atoms with E-state index in [9.17, 15) is 43.2 Å². The van der Waals surface area contributed by atoms with Crippen molar-refractivity contribution in [2.75, 3.05) is 39.6 Å². The highest BCUT2D eigenvalue weighted by atomic mass is 31.2. The molecule has 19 heteroatoms. The summed E-state index contributed by atoms with van der Waals surface area (Å²) in [6.45, 7) is 4.49. The van der Waals surface area contributed by atoms with Crippen molar-refractivity contribution < 1.29 is 80.2 Å². The van der Waals surface area contributed by atoms with E-state index in [0.29, 0.717) is 25.7 Å². The zero-order chi connectivity index (χ0) is 78.9. The van der Waals surface area contributed by atoms with Gasteiger partial charge in [-0.05, 0) is 180 Å². The number of esters is 4. The van der Waals surface area contributed by atoms with Gasteiger partial charge in [0.1, 0.15) is 19.3 Å². The molecule has 0 aromatic carbocycles. The number of phosphoric acid groups is 2. The quantitative estimate of drug-likeness (QED) is 0.0169. The summed E-state index contributed by atoms with van der Waals surface area (Å²) in [5.41, 5.74) is 0. The molecule has 0 aliphatic heterocycles. The van der Waals surface area contributed by atoms with E-state index >= 15 is 0 Å². The molecule has 0 radical (unpaired) electrons. The maximum Gasteiger partial charge on any atom is 0.472 e. The fourth-order valence-corrected chi connectivity index (χ4v) is 12.0. The minimum absolute atomic E-state index is 0.0648. The second-order valence-corrected chi connectivity index (χ2v) is 29.8. The SMILES string of the molecule is CC/C=C\C/C=C\C/C=C\C/C=C\C/C=C\CCCCCC(=O)OCC(COP(=O)(O)OCC(O)COP(=O)(O)OCC(COC(=O)CCCCC/C=C\C/C=C\C/C=C\C/C=C\C/C=C\CC)OC(=O)CCCCCCC/C=C\C/C=C\CCCCC)OC(=O)CCCCCCC/C=C\C/C=C\CCCCC. The van der Waals surface area contributed by atoms with Crippen LogP contribution in [0.5, 0.6) is 0 Å². The molecule has 4 atom stereocenters. The first kappa shape index (κ1) is 102. The minimum atomic E-state index is -5.00. The monoisotopic (exact) mass is 1550 g/mol. The summed E-state index contributed by atoms with van der Waals surface area (Å²) >= 11 is 0. The Labute approximate surface area is 654 Å². The Morgan fingerprint density at radius 3 is 0.750 bits per heavy atom. The van der Waals surface area contributed by atoms with Gasteiger partial charge in [0.25, 0.3) is 0 Å². The minimum Gasteiger partial charge on any atom is -0.462 e. The molecular weight excluding hydrogens is 1400 g/mol. The van der Waals surface area contributed by atoms with E-state index in [1.54, 1.807) is 0 Å². The lowest BCUT2D eigenvalue weighted by Crippen LogP contribution is -2.30. The number of aliphatic hydroxyl groups excluding tert-OH is 1. The molecule has 0 aliphatic rings. The first-order chi connectivity index (χ1) is 52.7. The third-order valence-electron chi connectivity index (χ3n) is 16.6. The van der Waals surface area contributed by atoms with Crippen LogP contribution in [0.4, 0.5) is 0 Å². The molecule has 614 valence electrons. The predicted octanol–water partition coefficient (Wildman–Crippen LogP) is 24.6. The zero-order valence-corrected chi connectivity index (χ0v) is 69.0. The summed E-state index contributed by atoms with van der Waals surface area (Å²) in [5.74, 6) is -2.29. The number of hydrogen-bond acceptors (Lipinski definition) is 15. The van der Waals surface area contributed by atoms with Crippen LogP contribution >= 0.6 is 15.6 Å². The van der Waals surface area contributed by atoms with Gasteiger partial charge in [0.15, 0.2) is 12.2 Å². The smallest absolute Gasteiger partial charge is 0.462 e. The van der Waals surface area contributed by atoms with Crippen molar-refractivity contribution in [3.8, 4) is 0 Å². The summed E-state index contributed by atoms with van der Waals surface area (Å²) in [7, 11) is -10.0. The van der Waals surface area contributed by atoms with Crippen LogP contribution in [0.1, 0.15) is 310 Å². The Kier molecular flexibility index (Phi) is 75.4. The number of carbonyl (C=O) groups excluding carboxylic acids is 4. The lowest BCUT2D eigenvalue weighted by atomic mass is 10.1. The summed E-state index contributed by atoms with van der Waals surface area (Å²) in [5, 5.41) is 10.7. The number of allylic oxidation sites excluding steroid dienone is 28. The third kappa shape index (κ3) is 78.5. The Balaban J connectivity index is 5.46. The van der Waals surface area contributed by atoms with Gasteiger partial charge in [-0.25, -0.2) is 9.13 Å². The summed E-state index contributed by atoms with van der Waals surface area (Å²) < 4.78 is 68.7. The van der Waals surface area contributed by atoms with E-state index in [1.165, 1.54) is 38.5 Å². The largest absolute Gasteiger partial charge is 0.472 e. The molecule has 0 aromatic rings. The maximum atomic E-state index is 13.1. The number of ether oxygens (including phenoxy) is 4. The molecule has 0 rings (SSSR count). The van der Waals surface area contributed by atoms with Crippen molar-refractivity contribution in [2.24, 2.45) is 0 Å². The Hall–Kier alpha value is -5.58. The van der Waals surface area contributed by atoms with Crippen LogP contribution in [-0.2, 0) is 65.4 Å². The molecule has 4 unspecified atom stereocenters. The number of carbonyl (C=O) groups is 4. The van der Waals surface area contributed by atoms with Crippen LogP contribution in [0.2, 0.25) is 0 Å².